The fourth-order valence-corrected chi connectivity index (χ4v) is 2.46. The summed E-state index contributed by atoms with van der Waals surface area (Å²) in [5, 5.41) is 9.49. The van der Waals surface area contributed by atoms with Crippen molar-refractivity contribution in [3.05, 3.63) is 76.1 Å². The first kappa shape index (κ1) is 14.4. The molecule has 0 fully saturated rings. The molecule has 0 bridgehead atoms. The van der Waals surface area contributed by atoms with Crippen LogP contribution in [0.1, 0.15) is 11.3 Å². The highest BCUT2D eigenvalue weighted by Gasteiger charge is 2.07. The maximum absolute atomic E-state index is 12.1. The van der Waals surface area contributed by atoms with Crippen LogP contribution in [0.2, 0.25) is 0 Å². The van der Waals surface area contributed by atoms with E-state index in [0.29, 0.717) is 35.3 Å². The Balaban J connectivity index is 1.84. The lowest BCUT2D eigenvalue weighted by Gasteiger charge is -2.09. The van der Waals surface area contributed by atoms with Crippen molar-refractivity contribution >= 4 is 11.0 Å². The lowest BCUT2D eigenvalue weighted by molar-refractivity contribution is 0.0975. The number of benzene rings is 2. The van der Waals surface area contributed by atoms with Crippen LogP contribution in [0.15, 0.2) is 63.8 Å². The van der Waals surface area contributed by atoms with Crippen molar-refractivity contribution in [2.24, 2.45) is 0 Å². The van der Waals surface area contributed by atoms with Gasteiger partial charge in [-0.05, 0) is 30.2 Å². The standard InChI is InChI=1S/C18H16O4/c19-12-21-17-7-3-1-5-13(17)9-10-14-11-16(20)15-6-2-4-8-18(15)22-14/h1-8,11,19H,9-10,12H2. The molecule has 0 aliphatic heterocycles. The molecule has 1 N–H and O–H groups in total. The second-order valence-electron chi connectivity index (χ2n) is 4.95. The zero-order valence-electron chi connectivity index (χ0n) is 12.0. The molecule has 1 heterocycles. The summed E-state index contributed by atoms with van der Waals surface area (Å²) in [6.07, 6.45) is 1.25. The molecular weight excluding hydrogens is 280 g/mol. The van der Waals surface area contributed by atoms with Gasteiger partial charge in [0.05, 0.1) is 5.39 Å². The van der Waals surface area contributed by atoms with Crippen molar-refractivity contribution in [3.8, 4) is 5.75 Å². The maximum atomic E-state index is 12.1. The summed E-state index contributed by atoms with van der Waals surface area (Å²) in [4.78, 5) is 12.1. The molecule has 112 valence electrons. The quantitative estimate of drug-likeness (QED) is 0.735. The van der Waals surface area contributed by atoms with Gasteiger partial charge in [0.25, 0.3) is 0 Å². The Labute approximate surface area is 127 Å². The summed E-state index contributed by atoms with van der Waals surface area (Å²) in [5.74, 6) is 1.29. The molecule has 3 rings (SSSR count). The molecule has 0 radical (unpaired) electrons. The number of aliphatic hydroxyl groups is 1. The van der Waals surface area contributed by atoms with Crippen LogP contribution in [-0.2, 0) is 12.8 Å². The predicted molar refractivity (Wildman–Crippen MR) is 84.0 cm³/mol. The highest BCUT2D eigenvalue weighted by atomic mass is 16.6. The van der Waals surface area contributed by atoms with E-state index in [9.17, 15) is 4.79 Å². The number of para-hydroxylation sites is 2. The van der Waals surface area contributed by atoms with Gasteiger partial charge in [-0.15, -0.1) is 0 Å². The van der Waals surface area contributed by atoms with Gasteiger partial charge >= 0.3 is 0 Å². The third-order valence-electron chi connectivity index (χ3n) is 3.52. The van der Waals surface area contributed by atoms with Gasteiger partial charge < -0.3 is 14.3 Å². The van der Waals surface area contributed by atoms with Gasteiger partial charge in [-0.2, -0.15) is 0 Å². The zero-order chi connectivity index (χ0) is 15.4. The second kappa shape index (κ2) is 6.45. The van der Waals surface area contributed by atoms with E-state index in [1.165, 1.54) is 6.07 Å². The van der Waals surface area contributed by atoms with E-state index >= 15 is 0 Å². The molecule has 0 aliphatic rings. The summed E-state index contributed by atoms with van der Waals surface area (Å²) in [5.41, 5.74) is 1.54. The Morgan fingerprint density at radius 1 is 1.00 bits per heavy atom. The van der Waals surface area contributed by atoms with Gasteiger partial charge in [0.2, 0.25) is 0 Å². The van der Waals surface area contributed by atoms with E-state index in [-0.39, 0.29) is 12.2 Å². The van der Waals surface area contributed by atoms with Crippen LogP contribution in [0.4, 0.5) is 0 Å². The molecule has 0 amide bonds. The second-order valence-corrected chi connectivity index (χ2v) is 4.95. The average Bonchev–Trinajstić information content (AvgIpc) is 2.54. The fraction of sp³-hybridized carbons (Fsp3) is 0.167. The monoisotopic (exact) mass is 296 g/mol. The van der Waals surface area contributed by atoms with Crippen molar-refractivity contribution in [1.82, 2.24) is 0 Å². The lowest BCUT2D eigenvalue weighted by atomic mass is 10.1. The number of aliphatic hydroxyl groups excluding tert-OH is 1. The first-order chi connectivity index (χ1) is 10.8. The molecule has 0 unspecified atom stereocenters. The molecular formula is C18H16O4. The van der Waals surface area contributed by atoms with Gasteiger partial charge in [0, 0.05) is 12.5 Å². The maximum Gasteiger partial charge on any atom is 0.192 e. The molecule has 3 aromatic rings. The van der Waals surface area contributed by atoms with Crippen molar-refractivity contribution in [3.63, 3.8) is 0 Å². The third-order valence-corrected chi connectivity index (χ3v) is 3.52. The Kier molecular flexibility index (Phi) is 4.21. The highest BCUT2D eigenvalue weighted by molar-refractivity contribution is 5.76. The van der Waals surface area contributed by atoms with Gasteiger partial charge in [0.1, 0.15) is 17.1 Å². The number of rotatable bonds is 5. The number of hydrogen-bond donors (Lipinski definition) is 1. The van der Waals surface area contributed by atoms with E-state index in [0.717, 1.165) is 5.56 Å². The summed E-state index contributed by atoms with van der Waals surface area (Å²) < 4.78 is 11.0. The molecule has 0 saturated heterocycles. The molecule has 22 heavy (non-hydrogen) atoms. The van der Waals surface area contributed by atoms with Gasteiger partial charge in [-0.25, -0.2) is 0 Å². The fourth-order valence-electron chi connectivity index (χ4n) is 2.46. The highest BCUT2D eigenvalue weighted by Crippen LogP contribution is 2.20. The molecule has 4 nitrogen and oxygen atoms in total. The Hall–Kier alpha value is -2.59. The van der Waals surface area contributed by atoms with E-state index in [2.05, 4.69) is 0 Å². The lowest BCUT2D eigenvalue weighted by Crippen LogP contribution is -2.04. The minimum absolute atomic E-state index is 0.0308. The van der Waals surface area contributed by atoms with Crippen LogP contribution in [0.3, 0.4) is 0 Å². The smallest absolute Gasteiger partial charge is 0.192 e. The predicted octanol–water partition coefficient (Wildman–Crippen LogP) is 2.91. The molecule has 4 heteroatoms. The van der Waals surface area contributed by atoms with Gasteiger partial charge in [-0.3, -0.25) is 4.79 Å². The summed E-state index contributed by atoms with van der Waals surface area (Å²) in [6, 6.07) is 16.3. The van der Waals surface area contributed by atoms with Crippen molar-refractivity contribution in [2.75, 3.05) is 6.79 Å². The van der Waals surface area contributed by atoms with E-state index < -0.39 is 0 Å². The molecule has 0 spiro atoms. The number of fused-ring (bicyclic) bond motifs is 1. The van der Waals surface area contributed by atoms with Gasteiger partial charge in [-0.1, -0.05) is 30.3 Å². The minimum atomic E-state index is -0.359. The number of ether oxygens (including phenoxy) is 1. The van der Waals surface area contributed by atoms with Crippen molar-refractivity contribution in [2.45, 2.75) is 12.8 Å². The topological polar surface area (TPSA) is 59.7 Å². The molecule has 0 aliphatic carbocycles. The van der Waals surface area contributed by atoms with E-state index in [4.69, 9.17) is 14.3 Å². The van der Waals surface area contributed by atoms with Crippen molar-refractivity contribution in [1.29, 1.82) is 0 Å². The molecule has 0 saturated carbocycles. The third kappa shape index (κ3) is 3.02. The van der Waals surface area contributed by atoms with Gasteiger partial charge in [0.15, 0.2) is 12.2 Å². The van der Waals surface area contributed by atoms with Crippen LogP contribution >= 0.6 is 0 Å². The molecule has 0 atom stereocenters. The Morgan fingerprint density at radius 3 is 2.64 bits per heavy atom. The van der Waals surface area contributed by atoms with Crippen LogP contribution in [0.25, 0.3) is 11.0 Å². The normalized spacial score (nSPS) is 10.8. The first-order valence-corrected chi connectivity index (χ1v) is 7.11. The van der Waals surface area contributed by atoms with E-state index in [1.807, 2.05) is 36.4 Å². The first-order valence-electron chi connectivity index (χ1n) is 7.11. The van der Waals surface area contributed by atoms with E-state index in [1.54, 1.807) is 12.1 Å². The number of hydrogen-bond acceptors (Lipinski definition) is 4. The molecule has 2 aromatic carbocycles. The zero-order valence-corrected chi connectivity index (χ0v) is 12.0. The van der Waals surface area contributed by atoms with Crippen LogP contribution in [0.5, 0.6) is 5.75 Å². The summed E-state index contributed by atoms with van der Waals surface area (Å²) >= 11 is 0. The number of aryl methyl sites for hydroxylation is 2. The van der Waals surface area contributed by atoms with Crippen LogP contribution in [-0.4, -0.2) is 11.9 Å². The SMILES string of the molecule is O=c1cc(CCc2ccccc2OCO)oc2ccccc12. The van der Waals surface area contributed by atoms with Crippen LogP contribution < -0.4 is 10.2 Å². The largest absolute Gasteiger partial charge is 0.467 e. The molecule has 1 aromatic heterocycles. The minimum Gasteiger partial charge on any atom is -0.467 e. The average molecular weight is 296 g/mol. The Bertz CT molecular complexity index is 836. The Morgan fingerprint density at radius 2 is 1.77 bits per heavy atom. The van der Waals surface area contributed by atoms with Crippen LogP contribution in [0, 0.1) is 0 Å². The summed E-state index contributed by atoms with van der Waals surface area (Å²) in [6.45, 7) is -0.359. The summed E-state index contributed by atoms with van der Waals surface area (Å²) in [7, 11) is 0. The van der Waals surface area contributed by atoms with Crippen molar-refractivity contribution < 1.29 is 14.3 Å².